The van der Waals surface area contributed by atoms with Gasteiger partial charge < -0.3 is 76.0 Å². The molecule has 584 valence electrons. The third-order valence-electron chi connectivity index (χ3n) is 19.1. The van der Waals surface area contributed by atoms with Gasteiger partial charge in [-0.05, 0) is 121 Å². The van der Waals surface area contributed by atoms with Gasteiger partial charge in [-0.25, -0.2) is 4.98 Å². The number of nitrogens with zero attached hydrogens (tertiary/aromatic N) is 10. The smallest absolute Gasteiger partial charge is 0.246 e. The number of hydrogen-bond acceptors (Lipinski definition) is 19. The maximum Gasteiger partial charge on any atom is 0.246 e. The number of oxime groups is 1. The van der Waals surface area contributed by atoms with E-state index in [4.69, 9.17) is 15.3 Å². The van der Waals surface area contributed by atoms with Crippen LogP contribution >= 0.6 is 11.3 Å². The van der Waals surface area contributed by atoms with Gasteiger partial charge in [-0.3, -0.25) is 57.7 Å². The Morgan fingerprint density at radius 1 is 0.577 bits per heavy atom. The van der Waals surface area contributed by atoms with Gasteiger partial charge in [-0.15, -0.1) is 0 Å². The van der Waals surface area contributed by atoms with Gasteiger partial charge in [0.2, 0.25) is 65.0 Å². The molecule has 2 aromatic rings. The lowest BCUT2D eigenvalue weighted by molar-refractivity contribution is -0.157. The predicted octanol–water partition coefficient (Wildman–Crippen LogP) is 5.10. The number of carbonyl (C=O) groups excluding carboxylic acids is 11. The van der Waals surface area contributed by atoms with Crippen molar-refractivity contribution in [1.29, 1.82) is 0 Å². The number of aliphatic hydroxyl groups is 1. The number of amides is 11. The molecule has 7 N–H and O–H groups in total. The van der Waals surface area contributed by atoms with E-state index < -0.39 is 161 Å². The Morgan fingerprint density at radius 2 is 1.11 bits per heavy atom. The largest absolute Gasteiger partial charge is 0.391 e. The maximum absolute atomic E-state index is 15.3. The van der Waals surface area contributed by atoms with Crippen LogP contribution in [-0.2, 0) is 68.9 Å². The SMILES string of the molecule is C/C=C/C[C@@H](C)[C@@H](O)[C@H]1C(=O)N[C@@H](CC)C(=O)N(C)[C@H](C)C(=O)N(C)[C@@H]([C@@H](C)OCCC/C=N/OCc2ccc(-c3cnc(N)s3)nc2)C(=O)N[C@@H](C(C)C)C(=O)N(C)[C@H](CC(C)C)C(=O)N[C@@H](C)C(=O)N[C@@H](C)C(=O)N(C)[C@@H](CC(C)C)C(=O)N(C)[C@H](CC(C)C)C(=O)N(C)[C@@H](C(C)C)C(=O)N1C. The van der Waals surface area contributed by atoms with Crippen molar-refractivity contribution in [2.45, 2.75) is 248 Å². The van der Waals surface area contributed by atoms with Crippen molar-refractivity contribution in [3.05, 3.63) is 42.2 Å². The summed E-state index contributed by atoms with van der Waals surface area (Å²) in [5, 5.41) is 27.8. The molecule has 1 aliphatic heterocycles. The van der Waals surface area contributed by atoms with Crippen LogP contribution in [0.3, 0.4) is 0 Å². The quantitative estimate of drug-likeness (QED) is 0.0365. The van der Waals surface area contributed by atoms with E-state index in [-0.39, 0.29) is 63.1 Å². The van der Waals surface area contributed by atoms with Gasteiger partial charge in [-0.1, -0.05) is 118 Å². The summed E-state index contributed by atoms with van der Waals surface area (Å²) in [5.74, 6) is -10.4. The fraction of sp³-hybridized carbons (Fsp3) is 0.703. The van der Waals surface area contributed by atoms with E-state index >= 15 is 28.8 Å². The number of thiazole rings is 1. The molecule has 1 aliphatic rings. The lowest BCUT2D eigenvalue weighted by Crippen LogP contribution is -2.64. The van der Waals surface area contributed by atoms with Crippen LogP contribution in [-0.4, -0.2) is 255 Å². The average Bonchev–Trinajstić information content (AvgIpc) is 0.888. The minimum absolute atomic E-state index is 0.0352. The molecule has 2 aromatic heterocycles. The first-order valence-corrected chi connectivity index (χ1v) is 37.2. The van der Waals surface area contributed by atoms with E-state index in [1.807, 2.05) is 53.7 Å². The van der Waals surface area contributed by atoms with E-state index in [9.17, 15) is 29.1 Å². The third-order valence-corrected chi connectivity index (χ3v) is 19.9. The number of nitrogens with two attached hydrogens (primary N) is 1. The summed E-state index contributed by atoms with van der Waals surface area (Å²) in [4.78, 5) is 187. The molecule has 0 aromatic carbocycles. The number of nitrogens with one attached hydrogen (secondary N) is 4. The lowest BCUT2D eigenvalue weighted by atomic mass is 9.91. The second kappa shape index (κ2) is 42.1. The Bertz CT molecular complexity index is 3250. The molecule has 1 fully saturated rings. The number of aliphatic hydroxyl groups excluding tert-OH is 1. The highest BCUT2D eigenvalue weighted by atomic mass is 32.1. The first-order chi connectivity index (χ1) is 48.6. The highest BCUT2D eigenvalue weighted by Gasteiger charge is 2.47. The minimum atomic E-state index is -1.66. The number of pyridine rings is 1. The maximum atomic E-state index is 15.3. The second-order valence-corrected chi connectivity index (χ2v) is 30.7. The van der Waals surface area contributed by atoms with Crippen molar-refractivity contribution in [3.8, 4) is 10.6 Å². The highest BCUT2D eigenvalue weighted by Crippen LogP contribution is 2.28. The topological polar surface area (TPSA) is 361 Å². The van der Waals surface area contributed by atoms with Crippen LogP contribution in [0.5, 0.6) is 0 Å². The Kier molecular flexibility index (Phi) is 36.5. The standard InChI is InChI=1S/C74H123N15O14S/c1-25-27-30-46(13)62(90)61-66(94)81-52(26-2)69(97)83(18)49(16)68(96)88(23)60(50(17)102-34-29-28-33-78-103-40-51-31-32-53(76-38-51)57-39-77-74(75)104-57)65(93)82-58(44(9)10)72(100)84(19)54(35-41(3)4)64(92)79-47(14)63(91)80-48(15)67(95)85(20)55(36-42(5)6)70(98)86(21)56(37-43(7)8)71(99)87(22)59(45(11)12)73(101)89(61)24/h25,27,31-33,38-39,41-50,52,54-56,58-62,90H,26,28-30,34-37,40H2,1-24H3,(H2,75,77)(H,79,92)(H,80,91)(H,81,94)(H,82,93)/b27-25+,78-33+/t46-,47+,48+,49-,50-,52+,54-,55+,56-,58+,59+,60+,61+,62-/m1/s1. The van der Waals surface area contributed by atoms with Crippen LogP contribution < -0.4 is 27.0 Å². The Morgan fingerprint density at radius 3 is 1.62 bits per heavy atom. The number of nitrogen functional groups attached to an aromatic ring is 1. The summed E-state index contributed by atoms with van der Waals surface area (Å²) >= 11 is 1.32. The molecular weight excluding hydrogens is 1350 g/mol. The summed E-state index contributed by atoms with van der Waals surface area (Å²) in [7, 11) is 9.79. The van der Waals surface area contributed by atoms with E-state index in [0.717, 1.165) is 25.1 Å². The van der Waals surface area contributed by atoms with E-state index in [1.54, 1.807) is 86.2 Å². The number of anilines is 1. The van der Waals surface area contributed by atoms with Crippen molar-refractivity contribution in [1.82, 2.24) is 65.5 Å². The number of hydrogen-bond donors (Lipinski definition) is 6. The van der Waals surface area contributed by atoms with E-state index in [0.29, 0.717) is 23.7 Å². The summed E-state index contributed by atoms with van der Waals surface area (Å²) in [6, 6.07) is -10.8. The zero-order valence-corrected chi connectivity index (χ0v) is 66.9. The number of allylic oxidation sites excluding steroid dienone is 2. The van der Waals surface area contributed by atoms with Crippen molar-refractivity contribution < 1.29 is 67.4 Å². The van der Waals surface area contributed by atoms with Crippen molar-refractivity contribution in [3.63, 3.8) is 0 Å². The highest BCUT2D eigenvalue weighted by molar-refractivity contribution is 7.18. The van der Waals surface area contributed by atoms with E-state index in [1.165, 1.54) is 101 Å². The number of likely N-dealkylation sites (N-methyl/N-ethyl adjacent to an activating group) is 7. The van der Waals surface area contributed by atoms with Gasteiger partial charge in [0.15, 0.2) is 5.13 Å². The molecule has 0 bridgehead atoms. The molecule has 3 rings (SSSR count). The van der Waals surface area contributed by atoms with Crippen LogP contribution in [0.2, 0.25) is 0 Å². The number of carbonyl (C=O) groups is 11. The molecule has 0 saturated carbocycles. The predicted molar refractivity (Wildman–Crippen MR) is 401 cm³/mol. The van der Waals surface area contributed by atoms with Gasteiger partial charge >= 0.3 is 0 Å². The zero-order valence-electron chi connectivity index (χ0n) is 66.1. The first-order valence-electron chi connectivity index (χ1n) is 36.4. The molecule has 0 unspecified atom stereocenters. The molecule has 104 heavy (non-hydrogen) atoms. The van der Waals surface area contributed by atoms with Gasteiger partial charge in [0, 0.05) is 80.1 Å². The molecule has 29 nitrogen and oxygen atoms in total. The van der Waals surface area contributed by atoms with Gasteiger partial charge in [0.25, 0.3) is 0 Å². The van der Waals surface area contributed by atoms with Gasteiger partial charge in [-0.2, -0.15) is 0 Å². The molecule has 11 amide bonds. The van der Waals surface area contributed by atoms with Crippen LogP contribution in [0.4, 0.5) is 5.13 Å². The Labute approximate surface area is 620 Å². The van der Waals surface area contributed by atoms with Crippen LogP contribution in [0.15, 0.2) is 41.8 Å². The molecule has 0 radical (unpaired) electrons. The summed E-state index contributed by atoms with van der Waals surface area (Å²) < 4.78 is 6.31. The monoisotopic (exact) mass is 1480 g/mol. The molecule has 0 spiro atoms. The van der Waals surface area contributed by atoms with Crippen LogP contribution in [0, 0.1) is 35.5 Å². The number of ether oxygens (including phenoxy) is 1. The zero-order chi connectivity index (χ0) is 79.1. The van der Waals surface area contributed by atoms with E-state index in [2.05, 4.69) is 36.4 Å². The molecular formula is C74H123N15O14S. The van der Waals surface area contributed by atoms with Crippen molar-refractivity contribution in [2.24, 2.45) is 40.7 Å². The first kappa shape index (κ1) is 90.1. The molecule has 0 aliphatic carbocycles. The van der Waals surface area contributed by atoms with Gasteiger partial charge in [0.05, 0.1) is 22.8 Å². The molecule has 3 heterocycles. The van der Waals surface area contributed by atoms with Gasteiger partial charge in [0.1, 0.15) is 73.1 Å². The average molecular weight is 1480 g/mol. The van der Waals surface area contributed by atoms with Crippen LogP contribution in [0.1, 0.15) is 168 Å². The van der Waals surface area contributed by atoms with Crippen LogP contribution in [0.25, 0.3) is 10.6 Å². The summed E-state index contributed by atoms with van der Waals surface area (Å²) in [5.41, 5.74) is 7.27. The summed E-state index contributed by atoms with van der Waals surface area (Å²) in [6.45, 7) is 29.2. The third kappa shape index (κ3) is 25.0. The Hall–Kier alpha value is -8.12. The number of rotatable bonds is 23. The fourth-order valence-corrected chi connectivity index (χ4v) is 13.2. The van der Waals surface area contributed by atoms with Crippen molar-refractivity contribution in [2.75, 3.05) is 61.7 Å². The number of unbranched alkanes of at least 4 members (excludes halogenated alkanes) is 1. The number of aromatic nitrogens is 2. The second-order valence-electron chi connectivity index (χ2n) is 29.7. The lowest BCUT2D eigenvalue weighted by Gasteiger charge is -2.41. The van der Waals surface area contributed by atoms with Crippen molar-refractivity contribution >= 4 is 87.7 Å². The minimum Gasteiger partial charge on any atom is -0.391 e. The Balaban J connectivity index is 2.24. The fourth-order valence-electron chi connectivity index (χ4n) is 12.5. The molecule has 14 atom stereocenters. The summed E-state index contributed by atoms with van der Waals surface area (Å²) in [6.07, 6.45) is 7.19. The normalized spacial score (nSPS) is 25.2. The molecule has 30 heteroatoms. The molecule has 1 saturated heterocycles.